The van der Waals surface area contributed by atoms with E-state index in [0.29, 0.717) is 23.8 Å². The van der Waals surface area contributed by atoms with Gasteiger partial charge in [0.1, 0.15) is 4.21 Å². The summed E-state index contributed by atoms with van der Waals surface area (Å²) in [5.74, 6) is 0. The van der Waals surface area contributed by atoms with Gasteiger partial charge >= 0.3 is 0 Å². The number of hydrogen-bond acceptors (Lipinski definition) is 5. The predicted octanol–water partition coefficient (Wildman–Crippen LogP) is 1.48. The Balaban J connectivity index is 1.98. The maximum atomic E-state index is 12.7. The molecule has 3 rings (SSSR count). The van der Waals surface area contributed by atoms with E-state index in [2.05, 4.69) is 10.3 Å². The molecule has 1 aliphatic heterocycles. The molecule has 0 aliphatic carbocycles. The number of thiophene rings is 1. The van der Waals surface area contributed by atoms with E-state index in [4.69, 9.17) is 0 Å². The number of sulfonamides is 1. The Hall–Kier alpha value is -1.28. The minimum atomic E-state index is -3.43. The van der Waals surface area contributed by atoms with Crippen molar-refractivity contribution < 1.29 is 8.42 Å². The Morgan fingerprint density at radius 1 is 1.35 bits per heavy atom. The van der Waals surface area contributed by atoms with Crippen LogP contribution >= 0.6 is 11.3 Å². The summed E-state index contributed by atoms with van der Waals surface area (Å²) >= 11 is 1.26. The molecular formula is C13H15N3O2S2. The molecule has 20 heavy (non-hydrogen) atoms. The highest BCUT2D eigenvalue weighted by atomic mass is 32.2. The molecule has 2 aromatic rings. The van der Waals surface area contributed by atoms with Gasteiger partial charge in [0.25, 0.3) is 10.0 Å². The molecule has 0 bridgehead atoms. The molecule has 1 fully saturated rings. The Morgan fingerprint density at radius 2 is 2.25 bits per heavy atom. The van der Waals surface area contributed by atoms with Crippen molar-refractivity contribution in [3.05, 3.63) is 47.6 Å². The lowest BCUT2D eigenvalue weighted by Crippen LogP contribution is -2.48. The standard InChI is InChI=1S/C13H15N3O2S2/c17-20(18,13-4-2-8-19-13)16-7-6-15-10-12(16)11-3-1-5-14-9-11/h1-5,8-9,12,15H,6-7,10H2. The molecule has 5 nitrogen and oxygen atoms in total. The van der Waals surface area contributed by atoms with Gasteiger partial charge in [-0.1, -0.05) is 12.1 Å². The van der Waals surface area contributed by atoms with E-state index in [0.717, 1.165) is 5.56 Å². The first-order chi connectivity index (χ1) is 9.69. The van der Waals surface area contributed by atoms with Gasteiger partial charge in [-0.2, -0.15) is 4.31 Å². The van der Waals surface area contributed by atoms with Gasteiger partial charge in [-0.15, -0.1) is 11.3 Å². The molecule has 1 atom stereocenters. The minimum absolute atomic E-state index is 0.204. The summed E-state index contributed by atoms with van der Waals surface area (Å²) in [6.45, 7) is 1.75. The maximum absolute atomic E-state index is 12.7. The van der Waals surface area contributed by atoms with Gasteiger partial charge in [0, 0.05) is 32.0 Å². The zero-order chi connectivity index (χ0) is 14.0. The first-order valence-corrected chi connectivity index (χ1v) is 8.67. The lowest BCUT2D eigenvalue weighted by Gasteiger charge is -2.34. The van der Waals surface area contributed by atoms with Crippen LogP contribution in [-0.2, 0) is 10.0 Å². The summed E-state index contributed by atoms with van der Waals surface area (Å²) in [6, 6.07) is 6.97. The van der Waals surface area contributed by atoms with Gasteiger partial charge in [0.2, 0.25) is 0 Å². The third-order valence-electron chi connectivity index (χ3n) is 3.32. The monoisotopic (exact) mass is 309 g/mol. The fraction of sp³-hybridized carbons (Fsp3) is 0.308. The molecule has 0 aromatic carbocycles. The molecule has 0 spiro atoms. The third-order valence-corrected chi connectivity index (χ3v) is 6.60. The molecule has 1 N–H and O–H groups in total. The van der Waals surface area contributed by atoms with Crippen LogP contribution in [0.1, 0.15) is 11.6 Å². The second-order valence-corrected chi connectivity index (χ2v) is 7.62. The van der Waals surface area contributed by atoms with Crippen molar-refractivity contribution in [2.75, 3.05) is 19.6 Å². The summed E-state index contributed by atoms with van der Waals surface area (Å²) in [4.78, 5) is 4.09. The number of nitrogens with one attached hydrogen (secondary N) is 1. The van der Waals surface area contributed by atoms with Crippen molar-refractivity contribution in [2.45, 2.75) is 10.3 Å². The van der Waals surface area contributed by atoms with Gasteiger partial charge in [-0.05, 0) is 23.1 Å². The van der Waals surface area contributed by atoms with Crippen LogP contribution in [0.5, 0.6) is 0 Å². The molecule has 7 heteroatoms. The van der Waals surface area contributed by atoms with Crippen molar-refractivity contribution >= 4 is 21.4 Å². The number of piperazine rings is 1. The van der Waals surface area contributed by atoms with Crippen LogP contribution in [0.3, 0.4) is 0 Å². The van der Waals surface area contributed by atoms with Crippen LogP contribution in [0.2, 0.25) is 0 Å². The number of pyridine rings is 1. The highest BCUT2D eigenvalue weighted by Crippen LogP contribution is 2.30. The van der Waals surface area contributed by atoms with Crippen LogP contribution in [0.15, 0.2) is 46.2 Å². The van der Waals surface area contributed by atoms with E-state index >= 15 is 0 Å². The van der Waals surface area contributed by atoms with Gasteiger partial charge in [-0.25, -0.2) is 8.42 Å². The predicted molar refractivity (Wildman–Crippen MR) is 78.1 cm³/mol. The number of nitrogens with zero attached hydrogens (tertiary/aromatic N) is 2. The second kappa shape index (κ2) is 5.61. The number of aromatic nitrogens is 1. The van der Waals surface area contributed by atoms with Crippen molar-refractivity contribution in [3.8, 4) is 0 Å². The Morgan fingerprint density at radius 3 is 2.95 bits per heavy atom. The molecule has 1 unspecified atom stereocenters. The Kier molecular flexibility index (Phi) is 3.84. The molecule has 0 saturated carbocycles. The van der Waals surface area contributed by atoms with Gasteiger partial charge < -0.3 is 5.32 Å². The highest BCUT2D eigenvalue weighted by molar-refractivity contribution is 7.91. The molecule has 106 valence electrons. The summed E-state index contributed by atoms with van der Waals surface area (Å²) in [6.07, 6.45) is 3.42. The summed E-state index contributed by atoms with van der Waals surface area (Å²) < 4.78 is 27.4. The lowest BCUT2D eigenvalue weighted by atomic mass is 10.1. The summed E-state index contributed by atoms with van der Waals surface area (Å²) in [5, 5.41) is 5.04. The Labute approximate surface area is 122 Å². The van der Waals surface area contributed by atoms with Gasteiger partial charge in [0.15, 0.2) is 0 Å². The molecule has 2 aromatic heterocycles. The van der Waals surface area contributed by atoms with E-state index in [1.54, 1.807) is 34.2 Å². The molecule has 1 aliphatic rings. The van der Waals surface area contributed by atoms with E-state index in [9.17, 15) is 8.42 Å². The molecule has 0 radical (unpaired) electrons. The summed E-state index contributed by atoms with van der Waals surface area (Å²) in [7, 11) is -3.43. The fourth-order valence-corrected chi connectivity index (χ4v) is 5.09. The van der Waals surface area contributed by atoms with Crippen LogP contribution < -0.4 is 5.32 Å². The van der Waals surface area contributed by atoms with E-state index in [-0.39, 0.29) is 6.04 Å². The van der Waals surface area contributed by atoms with Crippen molar-refractivity contribution in [1.82, 2.24) is 14.6 Å². The highest BCUT2D eigenvalue weighted by Gasteiger charge is 2.34. The average molecular weight is 309 g/mol. The second-order valence-electron chi connectivity index (χ2n) is 4.55. The molecule has 3 heterocycles. The first-order valence-electron chi connectivity index (χ1n) is 6.35. The molecular weight excluding hydrogens is 294 g/mol. The maximum Gasteiger partial charge on any atom is 0.253 e. The molecule has 0 amide bonds. The van der Waals surface area contributed by atoms with Gasteiger partial charge in [-0.3, -0.25) is 4.98 Å². The fourth-order valence-electron chi connectivity index (χ4n) is 2.36. The number of rotatable bonds is 3. The van der Waals surface area contributed by atoms with E-state index < -0.39 is 10.0 Å². The smallest absolute Gasteiger partial charge is 0.253 e. The van der Waals surface area contributed by atoms with Crippen LogP contribution in [0.25, 0.3) is 0 Å². The SMILES string of the molecule is O=S(=O)(c1cccs1)N1CCNCC1c1cccnc1. The lowest BCUT2D eigenvalue weighted by molar-refractivity contribution is 0.271. The van der Waals surface area contributed by atoms with Crippen molar-refractivity contribution in [1.29, 1.82) is 0 Å². The topological polar surface area (TPSA) is 62.3 Å². The Bertz CT molecular complexity index is 656. The normalized spacial score (nSPS) is 20.9. The van der Waals surface area contributed by atoms with E-state index in [1.807, 2.05) is 12.1 Å². The average Bonchev–Trinajstić information content (AvgIpc) is 3.03. The largest absolute Gasteiger partial charge is 0.313 e. The third kappa shape index (κ3) is 2.49. The van der Waals surface area contributed by atoms with Crippen molar-refractivity contribution in [3.63, 3.8) is 0 Å². The molecule has 1 saturated heterocycles. The van der Waals surface area contributed by atoms with Gasteiger partial charge in [0.05, 0.1) is 6.04 Å². The first kappa shape index (κ1) is 13.7. The van der Waals surface area contributed by atoms with Crippen LogP contribution in [0, 0.1) is 0 Å². The summed E-state index contributed by atoms with van der Waals surface area (Å²) in [5.41, 5.74) is 0.917. The quantitative estimate of drug-likeness (QED) is 0.933. The number of hydrogen-bond donors (Lipinski definition) is 1. The van der Waals surface area contributed by atoms with E-state index in [1.165, 1.54) is 11.3 Å². The van der Waals surface area contributed by atoms with Crippen LogP contribution in [0.4, 0.5) is 0 Å². The zero-order valence-electron chi connectivity index (χ0n) is 10.8. The zero-order valence-corrected chi connectivity index (χ0v) is 12.4. The van der Waals surface area contributed by atoms with Crippen molar-refractivity contribution in [2.24, 2.45) is 0 Å². The minimum Gasteiger partial charge on any atom is -0.313 e. The van der Waals surface area contributed by atoms with Crippen LogP contribution in [-0.4, -0.2) is 37.3 Å².